The van der Waals surface area contributed by atoms with Crippen LogP contribution in [0.3, 0.4) is 0 Å². The van der Waals surface area contributed by atoms with E-state index in [1.165, 1.54) is 0 Å². The first-order chi connectivity index (χ1) is 18.3. The number of piperidine rings is 1. The zero-order chi connectivity index (χ0) is 27.0. The summed E-state index contributed by atoms with van der Waals surface area (Å²) in [5.41, 5.74) is 6.05. The third-order valence-corrected chi connectivity index (χ3v) is 7.24. The first kappa shape index (κ1) is 25.3. The summed E-state index contributed by atoms with van der Waals surface area (Å²) >= 11 is 0. The number of anilines is 2. The number of rotatable bonds is 6. The molecule has 5 rings (SSSR count). The van der Waals surface area contributed by atoms with Crippen LogP contribution in [0, 0.1) is 17.2 Å². The number of hydrogen-bond donors (Lipinski definition) is 1. The molecule has 3 heterocycles. The van der Waals surface area contributed by atoms with Gasteiger partial charge < -0.3 is 14.9 Å². The van der Waals surface area contributed by atoms with Crippen LogP contribution in [0.15, 0.2) is 54.6 Å². The molecule has 0 spiro atoms. The molecule has 0 saturated carbocycles. The lowest BCUT2D eigenvalue weighted by Crippen LogP contribution is -2.33. The van der Waals surface area contributed by atoms with E-state index in [0.29, 0.717) is 5.65 Å². The van der Waals surface area contributed by atoms with Gasteiger partial charge in [-0.3, -0.25) is 0 Å². The van der Waals surface area contributed by atoms with Crippen molar-refractivity contribution in [2.75, 3.05) is 37.0 Å². The number of hydrogen-bond acceptors (Lipinski definition) is 6. The van der Waals surface area contributed by atoms with Gasteiger partial charge in [0.2, 0.25) is 0 Å². The van der Waals surface area contributed by atoms with Crippen LogP contribution in [0.1, 0.15) is 48.8 Å². The molecule has 2 aromatic carbocycles. The third kappa shape index (κ3) is 4.68. The second-order valence-corrected chi connectivity index (χ2v) is 10.4. The molecule has 1 aliphatic heterocycles. The number of pyridine rings is 1. The van der Waals surface area contributed by atoms with Crippen LogP contribution in [0.25, 0.3) is 27.8 Å². The number of nitrogens with zero attached hydrogens (tertiary/aromatic N) is 6. The van der Waals surface area contributed by atoms with Crippen molar-refractivity contribution >= 4 is 28.4 Å². The average Bonchev–Trinajstić information content (AvgIpc) is 3.33. The number of aromatic carboxylic acids is 1. The van der Waals surface area contributed by atoms with Crippen molar-refractivity contribution in [1.82, 2.24) is 14.8 Å². The highest BCUT2D eigenvalue weighted by Gasteiger charge is 2.24. The number of carboxylic acid groups (broad SMARTS) is 1. The van der Waals surface area contributed by atoms with Crippen molar-refractivity contribution in [3.05, 3.63) is 66.0 Å². The van der Waals surface area contributed by atoms with E-state index < -0.39 is 5.97 Å². The standard InChI is InChI=1S/C30H32N6O2/c1-19(2)28-27-25(21-8-10-22(11-9-21)35-14-12-20(18-31)13-15-35)17-26(30(37)38)32-29(27)36(33-28)24-7-5-6-23(16-24)34(3)4/h5-11,16-17,19-20H,12-15H2,1-4H3,(H,37,38). The van der Waals surface area contributed by atoms with Gasteiger partial charge in [-0.05, 0) is 66.3 Å². The fourth-order valence-electron chi connectivity index (χ4n) is 5.09. The summed E-state index contributed by atoms with van der Waals surface area (Å²) in [6.07, 6.45) is 1.74. The van der Waals surface area contributed by atoms with Crippen molar-refractivity contribution < 1.29 is 9.90 Å². The predicted molar refractivity (Wildman–Crippen MR) is 150 cm³/mol. The molecule has 0 radical (unpaired) electrons. The Balaban J connectivity index is 1.65. The molecule has 1 fully saturated rings. The van der Waals surface area contributed by atoms with Gasteiger partial charge in [0.15, 0.2) is 11.3 Å². The highest BCUT2D eigenvalue weighted by molar-refractivity contribution is 6.00. The molecule has 0 unspecified atom stereocenters. The average molecular weight is 509 g/mol. The molecule has 38 heavy (non-hydrogen) atoms. The molecule has 0 atom stereocenters. The van der Waals surface area contributed by atoms with Crippen LogP contribution in [-0.2, 0) is 0 Å². The summed E-state index contributed by atoms with van der Waals surface area (Å²) in [6.45, 7) is 5.89. The monoisotopic (exact) mass is 508 g/mol. The molecule has 0 aliphatic carbocycles. The van der Waals surface area contributed by atoms with Gasteiger partial charge in [0.25, 0.3) is 0 Å². The summed E-state index contributed by atoms with van der Waals surface area (Å²) in [5.74, 6) is -0.840. The fourth-order valence-corrected chi connectivity index (χ4v) is 5.09. The van der Waals surface area contributed by atoms with Crippen LogP contribution in [0.4, 0.5) is 11.4 Å². The molecule has 8 nitrogen and oxygen atoms in total. The molecule has 1 aliphatic rings. The van der Waals surface area contributed by atoms with Crippen molar-refractivity contribution in [1.29, 1.82) is 5.26 Å². The van der Waals surface area contributed by atoms with Gasteiger partial charge in [-0.1, -0.05) is 32.0 Å². The van der Waals surface area contributed by atoms with E-state index in [4.69, 9.17) is 5.10 Å². The van der Waals surface area contributed by atoms with Crippen LogP contribution in [0.5, 0.6) is 0 Å². The maximum atomic E-state index is 12.1. The van der Waals surface area contributed by atoms with Gasteiger partial charge >= 0.3 is 5.97 Å². The number of nitriles is 1. The first-order valence-corrected chi connectivity index (χ1v) is 13.0. The minimum absolute atomic E-state index is 0.0182. The Morgan fingerprint density at radius 1 is 1.08 bits per heavy atom. The highest BCUT2D eigenvalue weighted by Crippen LogP contribution is 2.37. The number of aromatic nitrogens is 3. The maximum absolute atomic E-state index is 12.1. The first-order valence-electron chi connectivity index (χ1n) is 13.0. The fraction of sp³-hybridized carbons (Fsp3) is 0.333. The van der Waals surface area contributed by atoms with Gasteiger partial charge in [-0.15, -0.1) is 0 Å². The Kier molecular flexibility index (Phi) is 6.77. The number of carboxylic acids is 1. The second kappa shape index (κ2) is 10.2. The normalized spacial score (nSPS) is 14.2. The molecule has 1 N–H and O–H groups in total. The van der Waals surface area contributed by atoms with Crippen LogP contribution >= 0.6 is 0 Å². The number of benzene rings is 2. The van der Waals surface area contributed by atoms with Crippen LogP contribution in [0.2, 0.25) is 0 Å². The van der Waals surface area contributed by atoms with Gasteiger partial charge in [0, 0.05) is 44.5 Å². The quantitative estimate of drug-likeness (QED) is 0.356. The summed E-state index contributed by atoms with van der Waals surface area (Å²) in [5, 5.41) is 25.0. The second-order valence-electron chi connectivity index (χ2n) is 10.4. The van der Waals surface area contributed by atoms with Crippen molar-refractivity contribution in [2.45, 2.75) is 32.6 Å². The number of carbonyl (C=O) groups is 1. The third-order valence-electron chi connectivity index (χ3n) is 7.24. The smallest absolute Gasteiger partial charge is 0.354 e. The maximum Gasteiger partial charge on any atom is 0.354 e. The minimum Gasteiger partial charge on any atom is -0.477 e. The van der Waals surface area contributed by atoms with E-state index in [1.807, 2.05) is 55.4 Å². The Hall–Kier alpha value is -4.38. The molecule has 0 amide bonds. The largest absolute Gasteiger partial charge is 0.477 e. The summed E-state index contributed by atoms with van der Waals surface area (Å²) in [4.78, 5) is 21.0. The zero-order valence-electron chi connectivity index (χ0n) is 22.2. The lowest BCUT2D eigenvalue weighted by atomic mass is 9.96. The molecule has 2 aromatic heterocycles. The molecule has 1 saturated heterocycles. The van der Waals surface area contributed by atoms with E-state index in [0.717, 1.165) is 65.2 Å². The SMILES string of the molecule is CC(C)c1nn(-c2cccc(N(C)C)c2)c2nc(C(=O)O)cc(-c3ccc(N4CCC(C#N)CC4)cc3)c12. The topological polar surface area (TPSA) is 98.3 Å². The zero-order valence-corrected chi connectivity index (χ0v) is 22.2. The summed E-state index contributed by atoms with van der Waals surface area (Å²) in [6, 6.07) is 20.3. The van der Waals surface area contributed by atoms with E-state index in [9.17, 15) is 15.2 Å². The van der Waals surface area contributed by atoms with Gasteiger partial charge in [0.1, 0.15) is 0 Å². The van der Waals surface area contributed by atoms with E-state index >= 15 is 0 Å². The number of fused-ring (bicyclic) bond motifs is 1. The lowest BCUT2D eigenvalue weighted by molar-refractivity contribution is 0.0691. The van der Waals surface area contributed by atoms with Crippen LogP contribution < -0.4 is 9.80 Å². The highest BCUT2D eigenvalue weighted by atomic mass is 16.4. The van der Waals surface area contributed by atoms with Gasteiger partial charge in [-0.2, -0.15) is 10.4 Å². The molecule has 4 aromatic rings. The Labute approximate surface area is 222 Å². The van der Waals surface area contributed by atoms with E-state index in [2.05, 4.69) is 41.9 Å². The predicted octanol–water partition coefficient (Wildman–Crippen LogP) is 5.72. The summed E-state index contributed by atoms with van der Waals surface area (Å²) < 4.78 is 1.77. The Morgan fingerprint density at radius 2 is 1.79 bits per heavy atom. The van der Waals surface area contributed by atoms with E-state index in [-0.39, 0.29) is 17.5 Å². The van der Waals surface area contributed by atoms with Crippen LogP contribution in [-0.4, -0.2) is 53.0 Å². The Morgan fingerprint density at radius 3 is 2.39 bits per heavy atom. The van der Waals surface area contributed by atoms with Crippen molar-refractivity contribution in [2.24, 2.45) is 5.92 Å². The molecular weight excluding hydrogens is 476 g/mol. The molecular formula is C30H32N6O2. The molecule has 8 heteroatoms. The van der Waals surface area contributed by atoms with Gasteiger partial charge in [-0.25, -0.2) is 14.5 Å². The molecule has 0 bridgehead atoms. The van der Waals surface area contributed by atoms with E-state index in [1.54, 1.807) is 10.7 Å². The van der Waals surface area contributed by atoms with Gasteiger partial charge in [0.05, 0.1) is 22.8 Å². The minimum atomic E-state index is -1.08. The summed E-state index contributed by atoms with van der Waals surface area (Å²) in [7, 11) is 3.96. The molecule has 194 valence electrons. The van der Waals surface area contributed by atoms with Crippen molar-refractivity contribution in [3.63, 3.8) is 0 Å². The Bertz CT molecular complexity index is 1520. The van der Waals surface area contributed by atoms with Crippen molar-refractivity contribution in [3.8, 4) is 22.9 Å². The lowest BCUT2D eigenvalue weighted by Gasteiger charge is -2.31.